The molecular formula is C27H25ClN4O4. The van der Waals surface area contributed by atoms with Crippen LogP contribution in [0.5, 0.6) is 11.5 Å². The van der Waals surface area contributed by atoms with Gasteiger partial charge in [-0.15, -0.1) is 0 Å². The maximum absolute atomic E-state index is 12.0. The molecule has 0 saturated heterocycles. The molecule has 184 valence electrons. The third kappa shape index (κ3) is 8.15. The monoisotopic (exact) mass is 504 g/mol. The van der Waals surface area contributed by atoms with Gasteiger partial charge in [0.05, 0.1) is 24.5 Å². The lowest BCUT2D eigenvalue weighted by atomic mass is 10.1. The van der Waals surface area contributed by atoms with Crippen molar-refractivity contribution in [1.82, 2.24) is 5.43 Å². The first kappa shape index (κ1) is 26.3. The topological polar surface area (TPSA) is 113 Å². The molecule has 8 nitrogen and oxygen atoms in total. The lowest BCUT2D eigenvalue weighted by Gasteiger charge is -2.13. The zero-order valence-corrected chi connectivity index (χ0v) is 20.4. The normalized spacial score (nSPS) is 10.5. The van der Waals surface area contributed by atoms with E-state index in [0.29, 0.717) is 39.9 Å². The Morgan fingerprint density at radius 1 is 1.00 bits per heavy atom. The lowest BCUT2D eigenvalue weighted by molar-refractivity contribution is -0.124. The Hall–Kier alpha value is -4.35. The van der Waals surface area contributed by atoms with Gasteiger partial charge in [-0.25, -0.2) is 5.43 Å². The van der Waals surface area contributed by atoms with Crippen LogP contribution < -0.4 is 20.2 Å². The van der Waals surface area contributed by atoms with Crippen molar-refractivity contribution in [3.63, 3.8) is 0 Å². The number of hydrazone groups is 1. The third-order valence-electron chi connectivity index (χ3n) is 4.88. The highest BCUT2D eigenvalue weighted by Crippen LogP contribution is 2.29. The maximum atomic E-state index is 12.0. The van der Waals surface area contributed by atoms with E-state index in [2.05, 4.69) is 21.9 Å². The number of ether oxygens (including phenoxy) is 2. The first-order valence-electron chi connectivity index (χ1n) is 11.2. The lowest BCUT2D eigenvalue weighted by Crippen LogP contribution is -2.20. The Morgan fingerprint density at radius 2 is 1.81 bits per heavy atom. The molecule has 0 atom stereocenters. The van der Waals surface area contributed by atoms with Crippen molar-refractivity contribution in [3.8, 4) is 17.6 Å². The van der Waals surface area contributed by atoms with Crippen LogP contribution in [0.4, 0.5) is 5.69 Å². The number of anilines is 1. The maximum Gasteiger partial charge on any atom is 0.240 e. The number of hydrogen-bond acceptors (Lipinski definition) is 6. The predicted octanol–water partition coefficient (Wildman–Crippen LogP) is 5.06. The Morgan fingerprint density at radius 3 is 2.58 bits per heavy atom. The number of benzene rings is 3. The fourth-order valence-corrected chi connectivity index (χ4v) is 3.35. The summed E-state index contributed by atoms with van der Waals surface area (Å²) >= 11 is 5.90. The second-order valence-corrected chi connectivity index (χ2v) is 7.98. The Balaban J connectivity index is 1.52. The number of rotatable bonds is 11. The van der Waals surface area contributed by atoms with Crippen molar-refractivity contribution in [2.75, 3.05) is 11.9 Å². The number of amides is 2. The molecule has 0 aromatic heterocycles. The molecule has 0 aliphatic heterocycles. The molecule has 2 amide bonds. The summed E-state index contributed by atoms with van der Waals surface area (Å²) in [6.07, 6.45) is 1.45. The summed E-state index contributed by atoms with van der Waals surface area (Å²) in [6, 6.07) is 21.4. The molecule has 0 unspecified atom stereocenters. The predicted molar refractivity (Wildman–Crippen MR) is 138 cm³/mol. The number of hydrogen-bond donors (Lipinski definition) is 2. The van der Waals surface area contributed by atoms with Crippen molar-refractivity contribution >= 4 is 35.3 Å². The average Bonchev–Trinajstić information content (AvgIpc) is 2.87. The number of carbonyl (C=O) groups is 2. The molecule has 0 aliphatic carbocycles. The van der Waals surface area contributed by atoms with E-state index in [4.69, 9.17) is 21.1 Å². The fourth-order valence-electron chi connectivity index (χ4n) is 3.15. The van der Waals surface area contributed by atoms with Crippen molar-refractivity contribution in [3.05, 3.63) is 88.4 Å². The molecular weight excluding hydrogens is 480 g/mol. The van der Waals surface area contributed by atoms with Crippen LogP contribution in [0, 0.1) is 11.3 Å². The van der Waals surface area contributed by atoms with Gasteiger partial charge in [-0.2, -0.15) is 10.4 Å². The third-order valence-corrected chi connectivity index (χ3v) is 5.11. The zero-order chi connectivity index (χ0) is 25.8. The summed E-state index contributed by atoms with van der Waals surface area (Å²) in [5.41, 5.74) is 4.99. The number of nitrogens with one attached hydrogen (secondary N) is 2. The van der Waals surface area contributed by atoms with Gasteiger partial charge in [-0.05, 0) is 55.0 Å². The zero-order valence-electron chi connectivity index (χ0n) is 19.7. The van der Waals surface area contributed by atoms with Gasteiger partial charge < -0.3 is 14.8 Å². The van der Waals surface area contributed by atoms with E-state index in [1.54, 1.807) is 54.6 Å². The molecule has 0 saturated carbocycles. The summed E-state index contributed by atoms with van der Waals surface area (Å²) in [5.74, 6) is 0.343. The quantitative estimate of drug-likeness (QED) is 0.280. The highest BCUT2D eigenvalue weighted by atomic mass is 35.5. The second-order valence-electron chi connectivity index (χ2n) is 7.55. The number of halogens is 1. The molecule has 3 aromatic carbocycles. The summed E-state index contributed by atoms with van der Waals surface area (Å²) < 4.78 is 11.6. The van der Waals surface area contributed by atoms with Gasteiger partial charge in [0.1, 0.15) is 6.61 Å². The standard InChI is InChI=1S/C27H25ClN4O4/c1-2-35-25-14-19(10-11-24(25)36-18-21-7-4-3-6-20(21)16-29)17-30-32-27(34)13-12-26(33)31-23-9-5-8-22(28)15-23/h3-11,14-15,17H,2,12-13,18H2,1H3,(H,31,33)(H,32,34). The van der Waals surface area contributed by atoms with Crippen LogP contribution in [-0.2, 0) is 16.2 Å². The summed E-state index contributed by atoms with van der Waals surface area (Å²) in [6.45, 7) is 2.51. The van der Waals surface area contributed by atoms with E-state index in [9.17, 15) is 14.9 Å². The SMILES string of the molecule is CCOc1cc(C=NNC(=O)CCC(=O)Nc2cccc(Cl)c2)ccc1OCc1ccccc1C#N. The van der Waals surface area contributed by atoms with Gasteiger partial charge in [0, 0.05) is 29.1 Å². The first-order valence-corrected chi connectivity index (χ1v) is 11.6. The first-order chi connectivity index (χ1) is 17.5. The highest BCUT2D eigenvalue weighted by molar-refractivity contribution is 6.30. The fraction of sp³-hybridized carbons (Fsp3) is 0.185. The van der Waals surface area contributed by atoms with E-state index >= 15 is 0 Å². The molecule has 9 heteroatoms. The van der Waals surface area contributed by atoms with E-state index in [1.807, 2.05) is 19.1 Å². The second kappa shape index (κ2) is 13.5. The number of nitrogens with zero attached hydrogens (tertiary/aromatic N) is 2. The summed E-state index contributed by atoms with van der Waals surface area (Å²) in [7, 11) is 0. The minimum atomic E-state index is -0.395. The summed E-state index contributed by atoms with van der Waals surface area (Å²) in [5, 5.41) is 16.4. The van der Waals surface area contributed by atoms with Gasteiger partial charge in [0.2, 0.25) is 11.8 Å². The Kier molecular flexibility index (Phi) is 9.86. The van der Waals surface area contributed by atoms with Crippen LogP contribution in [-0.4, -0.2) is 24.6 Å². The van der Waals surface area contributed by atoms with Crippen molar-refractivity contribution in [2.24, 2.45) is 5.10 Å². The minimum Gasteiger partial charge on any atom is -0.490 e. The average molecular weight is 505 g/mol. The Labute approximate surface area is 214 Å². The van der Waals surface area contributed by atoms with E-state index in [1.165, 1.54) is 6.21 Å². The van der Waals surface area contributed by atoms with Crippen LogP contribution in [0.15, 0.2) is 71.8 Å². The minimum absolute atomic E-state index is 0.00329. The van der Waals surface area contributed by atoms with Crippen LogP contribution in [0.3, 0.4) is 0 Å². The molecule has 3 aromatic rings. The Bertz CT molecular complexity index is 1290. The van der Waals surface area contributed by atoms with Gasteiger partial charge in [-0.1, -0.05) is 35.9 Å². The van der Waals surface area contributed by atoms with Crippen molar-refractivity contribution < 1.29 is 19.1 Å². The molecule has 36 heavy (non-hydrogen) atoms. The number of carbonyl (C=O) groups excluding carboxylic acids is 2. The highest BCUT2D eigenvalue weighted by Gasteiger charge is 2.09. The van der Waals surface area contributed by atoms with Crippen LogP contribution in [0.2, 0.25) is 5.02 Å². The van der Waals surface area contributed by atoms with Gasteiger partial charge >= 0.3 is 0 Å². The molecule has 3 rings (SSSR count). The molecule has 0 spiro atoms. The van der Waals surface area contributed by atoms with Crippen LogP contribution in [0.25, 0.3) is 0 Å². The molecule has 0 aliphatic rings. The van der Waals surface area contributed by atoms with E-state index in [0.717, 1.165) is 5.56 Å². The smallest absolute Gasteiger partial charge is 0.240 e. The molecule has 0 fully saturated rings. The molecule has 2 N–H and O–H groups in total. The van der Waals surface area contributed by atoms with Crippen molar-refractivity contribution in [1.29, 1.82) is 5.26 Å². The van der Waals surface area contributed by atoms with E-state index in [-0.39, 0.29) is 25.4 Å². The molecule has 0 bridgehead atoms. The van der Waals surface area contributed by atoms with Gasteiger partial charge in [0.25, 0.3) is 0 Å². The van der Waals surface area contributed by atoms with Crippen molar-refractivity contribution in [2.45, 2.75) is 26.4 Å². The molecule has 0 heterocycles. The van der Waals surface area contributed by atoms with Crippen LogP contribution >= 0.6 is 11.6 Å². The van der Waals surface area contributed by atoms with Gasteiger partial charge in [0.15, 0.2) is 11.5 Å². The van der Waals surface area contributed by atoms with Gasteiger partial charge in [-0.3, -0.25) is 9.59 Å². The number of nitriles is 1. The van der Waals surface area contributed by atoms with Crippen LogP contribution in [0.1, 0.15) is 36.5 Å². The van der Waals surface area contributed by atoms with E-state index < -0.39 is 5.91 Å². The molecule has 0 radical (unpaired) electrons. The summed E-state index contributed by atoms with van der Waals surface area (Å²) in [4.78, 5) is 24.1. The largest absolute Gasteiger partial charge is 0.490 e.